The number of carbonyl (C=O) groups excluding carboxylic acids is 1. The molecule has 1 aliphatic heterocycles. The molecule has 0 spiro atoms. The fraction of sp³-hybridized carbons (Fsp3) is 0.417. The van der Waals surface area contributed by atoms with Crippen molar-refractivity contribution in [1.82, 2.24) is 5.32 Å². The number of nitrogens with two attached hydrogens (primary N) is 1. The van der Waals surface area contributed by atoms with Gasteiger partial charge in [0.2, 0.25) is 0 Å². The van der Waals surface area contributed by atoms with Crippen LogP contribution in [-0.4, -0.2) is 29.1 Å². The fourth-order valence-electron chi connectivity index (χ4n) is 1.82. The fourth-order valence-corrected chi connectivity index (χ4v) is 3.11. The predicted molar refractivity (Wildman–Crippen MR) is 70.3 cm³/mol. The zero-order chi connectivity index (χ0) is 12.3. The van der Waals surface area contributed by atoms with E-state index >= 15 is 0 Å². The lowest BCUT2D eigenvalue weighted by Gasteiger charge is -2.11. The summed E-state index contributed by atoms with van der Waals surface area (Å²) in [4.78, 5) is 11.8. The SMILES string of the molecule is Nc1cccc(C(=O)NCC2CCSC2)c1O. The minimum Gasteiger partial charge on any atom is -0.505 e. The van der Waals surface area contributed by atoms with Gasteiger partial charge in [0.25, 0.3) is 5.91 Å². The molecule has 92 valence electrons. The molecule has 1 aromatic rings. The van der Waals surface area contributed by atoms with Gasteiger partial charge < -0.3 is 16.2 Å². The number of nitrogens with one attached hydrogen (secondary N) is 1. The molecule has 1 aliphatic rings. The van der Waals surface area contributed by atoms with Crippen molar-refractivity contribution in [3.8, 4) is 5.75 Å². The summed E-state index contributed by atoms with van der Waals surface area (Å²) in [7, 11) is 0. The Morgan fingerprint density at radius 2 is 2.41 bits per heavy atom. The second-order valence-electron chi connectivity index (χ2n) is 4.18. The lowest BCUT2D eigenvalue weighted by atomic mass is 10.1. The van der Waals surface area contributed by atoms with Gasteiger partial charge >= 0.3 is 0 Å². The molecule has 2 rings (SSSR count). The number of para-hydroxylation sites is 1. The molecular formula is C12H16N2O2S. The van der Waals surface area contributed by atoms with E-state index in [1.54, 1.807) is 18.2 Å². The van der Waals surface area contributed by atoms with E-state index in [2.05, 4.69) is 5.32 Å². The number of phenolic OH excluding ortho intramolecular Hbond substituents is 1. The molecule has 4 N–H and O–H groups in total. The summed E-state index contributed by atoms with van der Waals surface area (Å²) in [6.45, 7) is 0.667. The molecule has 17 heavy (non-hydrogen) atoms. The van der Waals surface area contributed by atoms with Crippen molar-refractivity contribution in [3.63, 3.8) is 0 Å². The van der Waals surface area contributed by atoms with Crippen molar-refractivity contribution in [2.45, 2.75) is 6.42 Å². The smallest absolute Gasteiger partial charge is 0.255 e. The van der Waals surface area contributed by atoms with Crippen LogP contribution in [0.5, 0.6) is 5.75 Å². The van der Waals surface area contributed by atoms with Gasteiger partial charge in [0.15, 0.2) is 5.75 Å². The number of hydrogen-bond acceptors (Lipinski definition) is 4. The first-order valence-corrected chi connectivity index (χ1v) is 6.77. The zero-order valence-electron chi connectivity index (χ0n) is 9.48. The van der Waals surface area contributed by atoms with Crippen molar-refractivity contribution in [3.05, 3.63) is 23.8 Å². The van der Waals surface area contributed by atoms with Crippen LogP contribution < -0.4 is 11.1 Å². The molecule has 0 radical (unpaired) electrons. The second-order valence-corrected chi connectivity index (χ2v) is 5.33. The Bertz CT molecular complexity index is 417. The van der Waals surface area contributed by atoms with Crippen LogP contribution in [0.4, 0.5) is 5.69 Å². The number of phenols is 1. The number of thioether (sulfide) groups is 1. The van der Waals surface area contributed by atoms with E-state index in [1.165, 1.54) is 5.75 Å². The molecule has 0 bridgehead atoms. The lowest BCUT2D eigenvalue weighted by molar-refractivity contribution is 0.0946. The number of nitrogen functional groups attached to an aromatic ring is 1. The minimum atomic E-state index is -0.258. The number of rotatable bonds is 3. The number of aromatic hydroxyl groups is 1. The van der Waals surface area contributed by atoms with E-state index in [1.807, 2.05) is 11.8 Å². The van der Waals surface area contributed by atoms with E-state index < -0.39 is 0 Å². The van der Waals surface area contributed by atoms with Gasteiger partial charge in [0.1, 0.15) is 0 Å². The Morgan fingerprint density at radius 1 is 1.59 bits per heavy atom. The summed E-state index contributed by atoms with van der Waals surface area (Å²) in [6.07, 6.45) is 1.15. The van der Waals surface area contributed by atoms with Crippen molar-refractivity contribution in [1.29, 1.82) is 0 Å². The van der Waals surface area contributed by atoms with Crippen LogP contribution >= 0.6 is 11.8 Å². The molecule has 4 nitrogen and oxygen atoms in total. The molecule has 1 saturated heterocycles. The van der Waals surface area contributed by atoms with Gasteiger partial charge in [-0.2, -0.15) is 11.8 Å². The first-order chi connectivity index (χ1) is 8.18. The van der Waals surface area contributed by atoms with E-state index in [4.69, 9.17) is 5.73 Å². The first kappa shape index (κ1) is 12.1. The molecule has 1 heterocycles. The number of hydrogen-bond donors (Lipinski definition) is 3. The third kappa shape index (κ3) is 2.85. The Labute approximate surface area is 105 Å². The molecule has 1 atom stereocenters. The summed E-state index contributed by atoms with van der Waals surface area (Å²) < 4.78 is 0. The molecular weight excluding hydrogens is 236 g/mol. The van der Waals surface area contributed by atoms with E-state index in [-0.39, 0.29) is 22.9 Å². The zero-order valence-corrected chi connectivity index (χ0v) is 10.3. The Hall–Kier alpha value is -1.36. The van der Waals surface area contributed by atoms with E-state index in [0.29, 0.717) is 12.5 Å². The van der Waals surface area contributed by atoms with Crippen LogP contribution in [0, 0.1) is 5.92 Å². The molecule has 0 aromatic heterocycles. The molecule has 0 saturated carbocycles. The van der Waals surface area contributed by atoms with Gasteiger partial charge in [-0.1, -0.05) is 6.07 Å². The highest BCUT2D eigenvalue weighted by Gasteiger charge is 2.18. The third-order valence-electron chi connectivity index (χ3n) is 2.89. The largest absolute Gasteiger partial charge is 0.505 e. The van der Waals surface area contributed by atoms with Crippen LogP contribution in [0.25, 0.3) is 0 Å². The quantitative estimate of drug-likeness (QED) is 0.562. The number of anilines is 1. The highest BCUT2D eigenvalue weighted by atomic mass is 32.2. The van der Waals surface area contributed by atoms with E-state index in [0.717, 1.165) is 12.2 Å². The van der Waals surface area contributed by atoms with Crippen LogP contribution in [0.2, 0.25) is 0 Å². The van der Waals surface area contributed by atoms with Crippen molar-refractivity contribution in [2.24, 2.45) is 5.92 Å². The Kier molecular flexibility index (Phi) is 3.78. The van der Waals surface area contributed by atoms with Crippen LogP contribution in [0.15, 0.2) is 18.2 Å². The lowest BCUT2D eigenvalue weighted by Crippen LogP contribution is -2.29. The van der Waals surface area contributed by atoms with Crippen molar-refractivity contribution in [2.75, 3.05) is 23.8 Å². The van der Waals surface area contributed by atoms with E-state index in [9.17, 15) is 9.90 Å². The first-order valence-electron chi connectivity index (χ1n) is 5.62. The average Bonchev–Trinajstić information content (AvgIpc) is 2.82. The van der Waals surface area contributed by atoms with Gasteiger partial charge in [0, 0.05) is 6.54 Å². The second kappa shape index (κ2) is 5.31. The number of benzene rings is 1. The van der Waals surface area contributed by atoms with Gasteiger partial charge in [-0.25, -0.2) is 0 Å². The van der Waals surface area contributed by atoms with Gasteiger partial charge in [0.05, 0.1) is 11.3 Å². The maximum atomic E-state index is 11.8. The van der Waals surface area contributed by atoms with Crippen molar-refractivity contribution < 1.29 is 9.90 Å². The monoisotopic (exact) mass is 252 g/mol. The topological polar surface area (TPSA) is 75.4 Å². The highest BCUT2D eigenvalue weighted by molar-refractivity contribution is 7.99. The van der Waals surface area contributed by atoms with Gasteiger partial charge in [-0.05, 0) is 36.0 Å². The third-order valence-corrected chi connectivity index (χ3v) is 4.12. The molecule has 1 fully saturated rings. The highest BCUT2D eigenvalue weighted by Crippen LogP contribution is 2.25. The van der Waals surface area contributed by atoms with Gasteiger partial charge in [-0.15, -0.1) is 0 Å². The van der Waals surface area contributed by atoms with Crippen molar-refractivity contribution >= 4 is 23.4 Å². The standard InChI is InChI=1S/C12H16N2O2S/c13-10-3-1-2-9(11(10)15)12(16)14-6-8-4-5-17-7-8/h1-3,8,15H,4-7,13H2,(H,14,16). The van der Waals surface area contributed by atoms with Crippen LogP contribution in [0.1, 0.15) is 16.8 Å². The Balaban J connectivity index is 1.97. The normalized spacial score (nSPS) is 19.2. The maximum Gasteiger partial charge on any atom is 0.255 e. The molecule has 1 aromatic carbocycles. The summed E-state index contributed by atoms with van der Waals surface area (Å²) in [5, 5.41) is 12.5. The summed E-state index contributed by atoms with van der Waals surface area (Å²) in [5.41, 5.74) is 6.02. The summed E-state index contributed by atoms with van der Waals surface area (Å²) in [5.74, 6) is 2.43. The molecule has 1 unspecified atom stereocenters. The number of carbonyl (C=O) groups is 1. The predicted octanol–water partition coefficient (Wildman–Crippen LogP) is 1.46. The van der Waals surface area contributed by atoms with Crippen LogP contribution in [-0.2, 0) is 0 Å². The van der Waals surface area contributed by atoms with Crippen LogP contribution in [0.3, 0.4) is 0 Å². The summed E-state index contributed by atoms with van der Waals surface area (Å²) in [6, 6.07) is 4.81. The molecule has 0 aliphatic carbocycles. The number of amides is 1. The van der Waals surface area contributed by atoms with Gasteiger partial charge in [-0.3, -0.25) is 4.79 Å². The minimum absolute atomic E-state index is 0.134. The average molecular weight is 252 g/mol. The maximum absolute atomic E-state index is 11.8. The molecule has 5 heteroatoms. The summed E-state index contributed by atoms with van der Waals surface area (Å²) >= 11 is 1.91. The Morgan fingerprint density at radius 3 is 3.12 bits per heavy atom. The molecule has 1 amide bonds.